The van der Waals surface area contributed by atoms with Crippen molar-refractivity contribution in [2.45, 2.75) is 11.2 Å². The number of halogens is 2. The first kappa shape index (κ1) is 10.8. The normalized spacial score (nSPS) is 12.7. The molecule has 0 N–H and O–H groups in total. The van der Waals surface area contributed by atoms with E-state index >= 15 is 0 Å². The Morgan fingerprint density at radius 3 is 3.00 bits per heavy atom. The highest BCUT2D eigenvalue weighted by Gasteiger charge is 2.10. The highest BCUT2D eigenvalue weighted by atomic mass is 79.9. The molecule has 1 heterocycles. The topological polar surface area (TPSA) is 12.9 Å². The molecule has 0 spiro atoms. The minimum Gasteiger partial charge on any atom is -0.253 e. The third kappa shape index (κ3) is 2.86. The predicted molar refractivity (Wildman–Crippen MR) is 63.9 cm³/mol. The molecule has 1 aromatic carbocycles. The number of rotatable bonds is 3. The third-order valence-corrected chi connectivity index (χ3v) is 4.07. The van der Waals surface area contributed by atoms with Crippen LogP contribution in [0.1, 0.15) is 15.3 Å². The van der Waals surface area contributed by atoms with E-state index in [0.29, 0.717) is 0 Å². The molecule has 2 rings (SSSR count). The van der Waals surface area contributed by atoms with Crippen molar-refractivity contribution in [3.8, 4) is 0 Å². The number of alkyl halides is 1. The molecule has 1 nitrogen and oxygen atoms in total. The van der Waals surface area contributed by atoms with E-state index in [1.807, 2.05) is 12.3 Å². The number of aromatic nitrogens is 1. The van der Waals surface area contributed by atoms with Crippen LogP contribution in [0, 0.1) is 5.82 Å². The van der Waals surface area contributed by atoms with Crippen LogP contribution in [0.4, 0.5) is 4.39 Å². The molecule has 15 heavy (non-hydrogen) atoms. The van der Waals surface area contributed by atoms with Crippen LogP contribution in [0.5, 0.6) is 0 Å². The zero-order chi connectivity index (χ0) is 10.7. The first-order valence-electron chi connectivity index (χ1n) is 4.52. The zero-order valence-corrected chi connectivity index (χ0v) is 10.3. The van der Waals surface area contributed by atoms with Crippen LogP contribution in [0.25, 0.3) is 0 Å². The maximum atomic E-state index is 12.9. The van der Waals surface area contributed by atoms with Crippen LogP contribution < -0.4 is 0 Å². The number of hydrogen-bond donors (Lipinski definition) is 0. The lowest BCUT2D eigenvalue weighted by atomic mass is 10.1. The van der Waals surface area contributed by atoms with Gasteiger partial charge in [0.15, 0.2) is 0 Å². The SMILES string of the molecule is Fc1cccc(CC(Br)c2cncs2)c1. The quantitative estimate of drug-likeness (QED) is 0.778. The zero-order valence-electron chi connectivity index (χ0n) is 7.86. The summed E-state index contributed by atoms with van der Waals surface area (Å²) < 4.78 is 12.9. The van der Waals surface area contributed by atoms with E-state index in [1.165, 1.54) is 10.9 Å². The monoisotopic (exact) mass is 285 g/mol. The van der Waals surface area contributed by atoms with Crippen molar-refractivity contribution in [3.05, 3.63) is 52.2 Å². The van der Waals surface area contributed by atoms with Gasteiger partial charge in [-0.05, 0) is 24.1 Å². The van der Waals surface area contributed by atoms with E-state index in [4.69, 9.17) is 0 Å². The highest BCUT2D eigenvalue weighted by molar-refractivity contribution is 9.09. The lowest BCUT2D eigenvalue weighted by molar-refractivity contribution is 0.625. The Labute approximate surface area is 100 Å². The molecule has 0 aliphatic rings. The molecule has 0 amide bonds. The molecule has 1 aromatic heterocycles. The van der Waals surface area contributed by atoms with E-state index in [2.05, 4.69) is 20.9 Å². The van der Waals surface area contributed by atoms with Crippen LogP contribution in [-0.4, -0.2) is 4.98 Å². The standard InChI is InChI=1S/C11H9BrFNS/c12-10(11-6-14-7-15-11)5-8-2-1-3-9(13)4-8/h1-4,6-7,10H,5H2. The molecule has 78 valence electrons. The maximum Gasteiger partial charge on any atom is 0.123 e. The molecule has 1 atom stereocenters. The second-order valence-electron chi connectivity index (χ2n) is 3.21. The average molecular weight is 286 g/mol. The van der Waals surface area contributed by atoms with Crippen LogP contribution in [0.15, 0.2) is 36.0 Å². The van der Waals surface area contributed by atoms with E-state index < -0.39 is 0 Å². The van der Waals surface area contributed by atoms with Gasteiger partial charge in [-0.1, -0.05) is 28.1 Å². The molecule has 0 saturated heterocycles. The largest absolute Gasteiger partial charge is 0.253 e. The molecule has 4 heteroatoms. The lowest BCUT2D eigenvalue weighted by Gasteiger charge is -2.06. The van der Waals surface area contributed by atoms with E-state index in [0.717, 1.165) is 12.0 Å². The van der Waals surface area contributed by atoms with Gasteiger partial charge in [-0.3, -0.25) is 4.98 Å². The van der Waals surface area contributed by atoms with Crippen molar-refractivity contribution in [3.63, 3.8) is 0 Å². The second kappa shape index (κ2) is 4.86. The summed E-state index contributed by atoms with van der Waals surface area (Å²) in [6, 6.07) is 6.68. The fourth-order valence-corrected chi connectivity index (χ4v) is 2.76. The van der Waals surface area contributed by atoms with Crippen molar-refractivity contribution < 1.29 is 4.39 Å². The fraction of sp³-hybridized carbons (Fsp3) is 0.182. The Morgan fingerprint density at radius 1 is 1.47 bits per heavy atom. The minimum absolute atomic E-state index is 0.184. The summed E-state index contributed by atoms with van der Waals surface area (Å²) in [7, 11) is 0. The van der Waals surface area contributed by atoms with Crippen molar-refractivity contribution >= 4 is 27.3 Å². The molecule has 0 bridgehead atoms. The van der Waals surface area contributed by atoms with Gasteiger partial charge in [0.05, 0.1) is 10.3 Å². The molecule has 2 aromatic rings. The lowest BCUT2D eigenvalue weighted by Crippen LogP contribution is -1.93. The number of hydrogen-bond acceptors (Lipinski definition) is 2. The molecule has 0 aliphatic carbocycles. The molecule has 1 unspecified atom stereocenters. The van der Waals surface area contributed by atoms with Crippen molar-refractivity contribution in [1.29, 1.82) is 0 Å². The fourth-order valence-electron chi connectivity index (χ4n) is 1.35. The minimum atomic E-state index is -0.184. The van der Waals surface area contributed by atoms with Crippen molar-refractivity contribution in [1.82, 2.24) is 4.98 Å². The summed E-state index contributed by atoms with van der Waals surface area (Å²) in [5.41, 5.74) is 2.79. The average Bonchev–Trinajstić information content (AvgIpc) is 2.70. The van der Waals surface area contributed by atoms with Gasteiger partial charge in [-0.25, -0.2) is 4.39 Å². The first-order chi connectivity index (χ1) is 7.25. The van der Waals surface area contributed by atoms with Crippen LogP contribution in [0.3, 0.4) is 0 Å². The summed E-state index contributed by atoms with van der Waals surface area (Å²) >= 11 is 5.18. The summed E-state index contributed by atoms with van der Waals surface area (Å²) in [5.74, 6) is -0.184. The second-order valence-corrected chi connectivity index (χ2v) is 5.23. The van der Waals surface area contributed by atoms with Crippen LogP contribution in [-0.2, 0) is 6.42 Å². The van der Waals surface area contributed by atoms with Gasteiger partial charge >= 0.3 is 0 Å². The molecular formula is C11H9BrFNS. The molecular weight excluding hydrogens is 277 g/mol. The number of nitrogens with zero attached hydrogens (tertiary/aromatic N) is 1. The Balaban J connectivity index is 2.09. The van der Waals surface area contributed by atoms with Crippen LogP contribution >= 0.6 is 27.3 Å². The Morgan fingerprint density at radius 2 is 2.33 bits per heavy atom. The summed E-state index contributed by atoms with van der Waals surface area (Å²) in [4.78, 5) is 5.40. The first-order valence-corrected chi connectivity index (χ1v) is 6.32. The van der Waals surface area contributed by atoms with Gasteiger partial charge in [0.25, 0.3) is 0 Å². The number of thiazole rings is 1. The molecule has 0 radical (unpaired) electrons. The summed E-state index contributed by atoms with van der Waals surface area (Å²) in [6.07, 6.45) is 2.61. The van der Waals surface area contributed by atoms with E-state index in [-0.39, 0.29) is 10.6 Å². The summed E-state index contributed by atoms with van der Waals surface area (Å²) in [6.45, 7) is 0. The molecule has 0 saturated carbocycles. The van der Waals surface area contributed by atoms with E-state index in [9.17, 15) is 4.39 Å². The Hall–Kier alpha value is -0.740. The molecule has 0 aliphatic heterocycles. The number of benzene rings is 1. The van der Waals surface area contributed by atoms with E-state index in [1.54, 1.807) is 29.0 Å². The van der Waals surface area contributed by atoms with Gasteiger partial charge in [0.2, 0.25) is 0 Å². The van der Waals surface area contributed by atoms with Crippen molar-refractivity contribution in [2.24, 2.45) is 0 Å². The summed E-state index contributed by atoms with van der Waals surface area (Å²) in [5, 5.41) is 0. The maximum absolute atomic E-state index is 12.9. The van der Waals surface area contributed by atoms with Gasteiger partial charge < -0.3 is 0 Å². The predicted octanol–water partition coefficient (Wildman–Crippen LogP) is 3.96. The Bertz CT molecular complexity index is 430. The Kier molecular flexibility index (Phi) is 3.49. The van der Waals surface area contributed by atoms with Gasteiger partial charge in [-0.15, -0.1) is 11.3 Å². The third-order valence-electron chi connectivity index (χ3n) is 2.06. The van der Waals surface area contributed by atoms with Crippen LogP contribution in [0.2, 0.25) is 0 Å². The smallest absolute Gasteiger partial charge is 0.123 e. The highest BCUT2D eigenvalue weighted by Crippen LogP contribution is 2.29. The molecule has 0 fully saturated rings. The van der Waals surface area contributed by atoms with Crippen molar-refractivity contribution in [2.75, 3.05) is 0 Å². The van der Waals surface area contributed by atoms with Gasteiger partial charge in [-0.2, -0.15) is 0 Å². The van der Waals surface area contributed by atoms with Gasteiger partial charge in [0, 0.05) is 11.1 Å². The van der Waals surface area contributed by atoms with Gasteiger partial charge in [0.1, 0.15) is 5.82 Å².